The SMILES string of the molecule is N#CCN1CC(N)CC(CC(=O)O)C1. The molecule has 0 aromatic heterocycles. The van der Waals surface area contributed by atoms with Gasteiger partial charge in [0.1, 0.15) is 0 Å². The van der Waals surface area contributed by atoms with E-state index in [4.69, 9.17) is 16.1 Å². The summed E-state index contributed by atoms with van der Waals surface area (Å²) in [5.41, 5.74) is 5.78. The van der Waals surface area contributed by atoms with E-state index < -0.39 is 5.97 Å². The van der Waals surface area contributed by atoms with Crippen LogP contribution < -0.4 is 5.73 Å². The van der Waals surface area contributed by atoms with Gasteiger partial charge in [0, 0.05) is 25.6 Å². The van der Waals surface area contributed by atoms with Gasteiger partial charge in [0.25, 0.3) is 0 Å². The van der Waals surface area contributed by atoms with Crippen molar-refractivity contribution in [1.29, 1.82) is 5.26 Å². The number of piperidine rings is 1. The van der Waals surface area contributed by atoms with E-state index in [0.717, 1.165) is 6.42 Å². The number of carboxylic acids is 1. The van der Waals surface area contributed by atoms with E-state index in [-0.39, 0.29) is 18.4 Å². The number of nitrogens with two attached hydrogens (primary N) is 1. The maximum Gasteiger partial charge on any atom is 0.303 e. The summed E-state index contributed by atoms with van der Waals surface area (Å²) in [6.45, 7) is 1.71. The van der Waals surface area contributed by atoms with Crippen molar-refractivity contribution in [1.82, 2.24) is 4.90 Å². The Morgan fingerprint density at radius 2 is 2.36 bits per heavy atom. The highest BCUT2D eigenvalue weighted by Gasteiger charge is 2.26. The fraction of sp³-hybridized carbons (Fsp3) is 0.778. The van der Waals surface area contributed by atoms with Crippen LogP contribution in [0.4, 0.5) is 0 Å². The molecule has 1 heterocycles. The average Bonchev–Trinajstić information content (AvgIpc) is 2.01. The molecule has 0 aliphatic carbocycles. The van der Waals surface area contributed by atoms with E-state index >= 15 is 0 Å². The van der Waals surface area contributed by atoms with E-state index in [2.05, 4.69) is 6.07 Å². The zero-order valence-corrected chi connectivity index (χ0v) is 8.02. The molecule has 0 saturated carbocycles. The van der Waals surface area contributed by atoms with E-state index in [1.54, 1.807) is 0 Å². The van der Waals surface area contributed by atoms with Crippen LogP contribution in [0, 0.1) is 17.2 Å². The molecule has 5 heteroatoms. The Labute approximate surface area is 83.1 Å². The normalized spacial score (nSPS) is 28.3. The van der Waals surface area contributed by atoms with Crippen LogP contribution in [0.2, 0.25) is 0 Å². The quantitative estimate of drug-likeness (QED) is 0.603. The minimum absolute atomic E-state index is 0.00134. The Morgan fingerprint density at radius 1 is 1.64 bits per heavy atom. The van der Waals surface area contributed by atoms with Gasteiger partial charge in [-0.1, -0.05) is 0 Å². The van der Waals surface area contributed by atoms with Gasteiger partial charge in [-0.05, 0) is 12.3 Å². The van der Waals surface area contributed by atoms with Crippen LogP contribution >= 0.6 is 0 Å². The second kappa shape index (κ2) is 4.94. The molecule has 1 aliphatic rings. The summed E-state index contributed by atoms with van der Waals surface area (Å²) in [4.78, 5) is 12.4. The molecular formula is C9H15N3O2. The zero-order valence-electron chi connectivity index (χ0n) is 8.02. The Morgan fingerprint density at radius 3 is 2.93 bits per heavy atom. The molecule has 3 N–H and O–H groups in total. The Bertz CT molecular complexity index is 249. The van der Waals surface area contributed by atoms with Gasteiger partial charge in [-0.25, -0.2) is 0 Å². The number of likely N-dealkylation sites (tertiary alicyclic amines) is 1. The topological polar surface area (TPSA) is 90.4 Å². The lowest BCUT2D eigenvalue weighted by Gasteiger charge is -2.34. The lowest BCUT2D eigenvalue weighted by Crippen LogP contribution is -2.47. The van der Waals surface area contributed by atoms with Gasteiger partial charge >= 0.3 is 5.97 Å². The number of hydrogen-bond acceptors (Lipinski definition) is 4. The lowest BCUT2D eigenvalue weighted by atomic mass is 9.92. The van der Waals surface area contributed by atoms with Crippen LogP contribution in [-0.4, -0.2) is 41.7 Å². The van der Waals surface area contributed by atoms with Gasteiger partial charge < -0.3 is 10.8 Å². The minimum atomic E-state index is -0.791. The van der Waals surface area contributed by atoms with Crippen molar-refractivity contribution in [3.63, 3.8) is 0 Å². The molecule has 0 aromatic carbocycles. The number of nitrogens with zero attached hydrogens (tertiary/aromatic N) is 2. The van der Waals surface area contributed by atoms with Gasteiger partial charge in [-0.15, -0.1) is 0 Å². The second-order valence-electron chi connectivity index (χ2n) is 3.81. The van der Waals surface area contributed by atoms with Crippen LogP contribution in [-0.2, 0) is 4.79 Å². The Kier molecular flexibility index (Phi) is 3.86. The minimum Gasteiger partial charge on any atom is -0.481 e. The van der Waals surface area contributed by atoms with Gasteiger partial charge in [0.05, 0.1) is 12.6 Å². The Balaban J connectivity index is 2.46. The van der Waals surface area contributed by atoms with Crippen molar-refractivity contribution >= 4 is 5.97 Å². The molecule has 2 unspecified atom stereocenters. The molecule has 14 heavy (non-hydrogen) atoms. The van der Waals surface area contributed by atoms with Crippen molar-refractivity contribution in [2.45, 2.75) is 18.9 Å². The summed E-state index contributed by atoms with van der Waals surface area (Å²) in [6, 6.07) is 2.06. The van der Waals surface area contributed by atoms with Gasteiger partial charge in [-0.3, -0.25) is 9.69 Å². The van der Waals surface area contributed by atoms with E-state index in [0.29, 0.717) is 19.6 Å². The zero-order chi connectivity index (χ0) is 10.6. The third kappa shape index (κ3) is 3.32. The number of hydrogen-bond donors (Lipinski definition) is 2. The number of rotatable bonds is 3. The van der Waals surface area contributed by atoms with Crippen molar-refractivity contribution < 1.29 is 9.90 Å². The number of carbonyl (C=O) groups is 1. The number of carboxylic acid groups (broad SMARTS) is 1. The second-order valence-corrected chi connectivity index (χ2v) is 3.81. The van der Waals surface area contributed by atoms with Gasteiger partial charge in [-0.2, -0.15) is 5.26 Å². The number of nitriles is 1. The highest BCUT2D eigenvalue weighted by Crippen LogP contribution is 2.18. The molecule has 1 rings (SSSR count). The van der Waals surface area contributed by atoms with Crippen molar-refractivity contribution in [3.8, 4) is 6.07 Å². The van der Waals surface area contributed by atoms with Crippen LogP contribution in [0.15, 0.2) is 0 Å². The van der Waals surface area contributed by atoms with Crippen LogP contribution in [0.1, 0.15) is 12.8 Å². The standard InChI is InChI=1S/C9H15N3O2/c10-1-2-12-5-7(4-9(13)14)3-8(11)6-12/h7-8H,2-6,11H2,(H,13,14). The molecule has 1 saturated heterocycles. The summed E-state index contributed by atoms with van der Waals surface area (Å²) in [5.74, 6) is -0.703. The van der Waals surface area contributed by atoms with Crippen LogP contribution in [0.25, 0.3) is 0 Å². The summed E-state index contributed by atoms with van der Waals surface area (Å²) in [7, 11) is 0. The molecule has 0 aromatic rings. The molecule has 0 radical (unpaired) electrons. The maximum atomic E-state index is 10.5. The first-order valence-electron chi connectivity index (χ1n) is 4.68. The maximum absolute atomic E-state index is 10.5. The number of aliphatic carboxylic acids is 1. The molecule has 1 aliphatic heterocycles. The predicted molar refractivity (Wildman–Crippen MR) is 50.4 cm³/mol. The fourth-order valence-corrected chi connectivity index (χ4v) is 1.97. The van der Waals surface area contributed by atoms with Crippen LogP contribution in [0.5, 0.6) is 0 Å². The third-order valence-corrected chi connectivity index (χ3v) is 2.40. The van der Waals surface area contributed by atoms with Crippen molar-refractivity contribution in [3.05, 3.63) is 0 Å². The van der Waals surface area contributed by atoms with E-state index in [9.17, 15) is 4.79 Å². The highest BCUT2D eigenvalue weighted by molar-refractivity contribution is 5.67. The first-order chi connectivity index (χ1) is 6.61. The molecule has 2 atom stereocenters. The molecule has 78 valence electrons. The molecule has 0 spiro atoms. The predicted octanol–water partition coefficient (Wildman–Crippen LogP) is -0.366. The van der Waals surface area contributed by atoms with Gasteiger partial charge in [0.2, 0.25) is 0 Å². The first-order valence-corrected chi connectivity index (χ1v) is 4.68. The first kappa shape index (κ1) is 11.0. The molecule has 1 fully saturated rings. The molecule has 5 nitrogen and oxygen atoms in total. The molecular weight excluding hydrogens is 182 g/mol. The van der Waals surface area contributed by atoms with E-state index in [1.165, 1.54) is 0 Å². The molecule has 0 bridgehead atoms. The lowest BCUT2D eigenvalue weighted by molar-refractivity contribution is -0.138. The summed E-state index contributed by atoms with van der Waals surface area (Å²) in [5, 5.41) is 17.2. The smallest absolute Gasteiger partial charge is 0.303 e. The van der Waals surface area contributed by atoms with Crippen molar-refractivity contribution in [2.75, 3.05) is 19.6 Å². The average molecular weight is 197 g/mol. The monoisotopic (exact) mass is 197 g/mol. The summed E-state index contributed by atoms with van der Waals surface area (Å²) in [6.07, 6.45) is 0.893. The Hall–Kier alpha value is -1.12. The third-order valence-electron chi connectivity index (χ3n) is 2.40. The van der Waals surface area contributed by atoms with Crippen molar-refractivity contribution in [2.24, 2.45) is 11.7 Å². The largest absolute Gasteiger partial charge is 0.481 e. The van der Waals surface area contributed by atoms with Crippen LogP contribution in [0.3, 0.4) is 0 Å². The summed E-state index contributed by atoms with van der Waals surface area (Å²) < 4.78 is 0. The fourth-order valence-electron chi connectivity index (χ4n) is 1.97. The highest BCUT2D eigenvalue weighted by atomic mass is 16.4. The van der Waals surface area contributed by atoms with E-state index in [1.807, 2.05) is 4.90 Å². The molecule has 0 amide bonds. The summed E-state index contributed by atoms with van der Waals surface area (Å²) >= 11 is 0. The van der Waals surface area contributed by atoms with Gasteiger partial charge in [0.15, 0.2) is 0 Å².